The van der Waals surface area contributed by atoms with Gasteiger partial charge < -0.3 is 24.7 Å². The monoisotopic (exact) mass is 337 g/mol. The van der Waals surface area contributed by atoms with Crippen LogP contribution in [0.2, 0.25) is 0 Å². The van der Waals surface area contributed by atoms with E-state index in [0.717, 1.165) is 12.8 Å². The molecule has 0 spiro atoms. The van der Waals surface area contributed by atoms with Crippen LogP contribution in [-0.2, 0) is 14.3 Å². The number of piperidine rings is 1. The Morgan fingerprint density at radius 2 is 1.96 bits per heavy atom. The van der Waals surface area contributed by atoms with E-state index in [0.29, 0.717) is 38.3 Å². The van der Waals surface area contributed by atoms with E-state index >= 15 is 0 Å². The molecule has 8 nitrogen and oxygen atoms in total. The highest BCUT2D eigenvalue weighted by atomic mass is 16.5. The van der Waals surface area contributed by atoms with Crippen molar-refractivity contribution in [1.82, 2.24) is 15.5 Å². The molecule has 8 heteroatoms. The average molecular weight is 337 g/mol. The van der Waals surface area contributed by atoms with Gasteiger partial charge in [0.2, 0.25) is 0 Å². The lowest BCUT2D eigenvalue weighted by molar-refractivity contribution is -0.139. The normalized spacial score (nSPS) is 15.1. The zero-order valence-corrected chi connectivity index (χ0v) is 13.7. The van der Waals surface area contributed by atoms with E-state index in [1.165, 1.54) is 19.6 Å². The summed E-state index contributed by atoms with van der Waals surface area (Å²) in [6.45, 7) is 2.36. The Balaban J connectivity index is 1.67. The Morgan fingerprint density at radius 3 is 2.58 bits per heavy atom. The second-order valence-electron chi connectivity index (χ2n) is 5.71. The lowest BCUT2D eigenvalue weighted by Gasteiger charge is -2.31. The van der Waals surface area contributed by atoms with Gasteiger partial charge in [-0.05, 0) is 24.8 Å². The smallest absolute Gasteiger partial charge is 0.309 e. The number of hydrogen-bond acceptors (Lipinski definition) is 5. The predicted octanol–water partition coefficient (Wildman–Crippen LogP) is 0.0106. The van der Waals surface area contributed by atoms with Crippen LogP contribution in [0.1, 0.15) is 23.2 Å². The summed E-state index contributed by atoms with van der Waals surface area (Å²) in [5.41, 5.74) is 0.550. The van der Waals surface area contributed by atoms with E-state index in [1.54, 1.807) is 11.0 Å². The number of hydrogen-bond donors (Lipinski definition) is 2. The number of nitrogens with one attached hydrogen (secondary N) is 2. The fraction of sp³-hybridized carbons (Fsp3) is 0.562. The number of likely N-dealkylation sites (tertiary alicyclic amines) is 1. The highest BCUT2D eigenvalue weighted by molar-refractivity contribution is 6.35. The van der Waals surface area contributed by atoms with Gasteiger partial charge in [-0.1, -0.05) is 0 Å². The van der Waals surface area contributed by atoms with Gasteiger partial charge in [-0.25, -0.2) is 0 Å². The number of ether oxygens (including phenoxy) is 1. The molecule has 0 aromatic carbocycles. The number of methoxy groups -OCH3 is 1. The van der Waals surface area contributed by atoms with Crippen LogP contribution in [0.5, 0.6) is 0 Å². The Morgan fingerprint density at radius 1 is 1.25 bits per heavy atom. The van der Waals surface area contributed by atoms with Crippen LogP contribution in [0, 0.1) is 5.92 Å². The standard InChI is InChI=1S/C16H23N3O5/c1-23-9-5-17-14(20)15(21)18-10-12-2-6-19(7-3-12)16(22)13-4-8-24-11-13/h4,8,11-12H,2-3,5-7,9-10H2,1H3,(H,17,20)(H,18,21). The molecule has 1 fully saturated rings. The van der Waals surface area contributed by atoms with Crippen LogP contribution < -0.4 is 10.6 Å². The SMILES string of the molecule is COCCNC(=O)C(=O)NCC1CCN(C(=O)c2ccoc2)CC1. The number of rotatable bonds is 6. The van der Waals surface area contributed by atoms with Crippen LogP contribution >= 0.6 is 0 Å². The molecule has 1 aromatic heterocycles. The molecule has 0 aliphatic carbocycles. The zero-order valence-electron chi connectivity index (χ0n) is 13.7. The number of carbonyl (C=O) groups excluding carboxylic acids is 3. The maximum absolute atomic E-state index is 12.2. The second-order valence-corrected chi connectivity index (χ2v) is 5.71. The first-order chi connectivity index (χ1) is 11.6. The summed E-state index contributed by atoms with van der Waals surface area (Å²) in [6.07, 6.45) is 4.49. The van der Waals surface area contributed by atoms with Crippen molar-refractivity contribution in [3.63, 3.8) is 0 Å². The molecular formula is C16H23N3O5. The molecule has 2 heterocycles. The van der Waals surface area contributed by atoms with Gasteiger partial charge >= 0.3 is 11.8 Å². The van der Waals surface area contributed by atoms with Crippen LogP contribution in [0.4, 0.5) is 0 Å². The summed E-state index contributed by atoms with van der Waals surface area (Å²) < 4.78 is 9.73. The number of furan rings is 1. The maximum atomic E-state index is 12.2. The largest absolute Gasteiger partial charge is 0.472 e. The molecule has 1 aliphatic heterocycles. The highest BCUT2D eigenvalue weighted by Crippen LogP contribution is 2.18. The lowest BCUT2D eigenvalue weighted by Crippen LogP contribution is -2.45. The minimum Gasteiger partial charge on any atom is -0.472 e. The summed E-state index contributed by atoms with van der Waals surface area (Å²) in [6, 6.07) is 1.65. The molecule has 3 amide bonds. The molecule has 1 saturated heterocycles. The Bertz CT molecular complexity index is 550. The zero-order chi connectivity index (χ0) is 17.4. The minimum atomic E-state index is -0.653. The molecule has 0 radical (unpaired) electrons. The van der Waals surface area contributed by atoms with Crippen LogP contribution in [0.3, 0.4) is 0 Å². The summed E-state index contributed by atoms with van der Waals surface area (Å²) in [7, 11) is 1.52. The van der Waals surface area contributed by atoms with Gasteiger partial charge in [0.15, 0.2) is 0 Å². The van der Waals surface area contributed by atoms with Gasteiger partial charge in [-0.3, -0.25) is 14.4 Å². The van der Waals surface area contributed by atoms with Crippen molar-refractivity contribution >= 4 is 17.7 Å². The van der Waals surface area contributed by atoms with E-state index in [9.17, 15) is 14.4 Å². The second kappa shape index (κ2) is 9.07. The molecule has 132 valence electrons. The molecule has 2 rings (SSSR count). The molecular weight excluding hydrogens is 314 g/mol. The Kier molecular flexibility index (Phi) is 6.80. The van der Waals surface area contributed by atoms with Crippen molar-refractivity contribution < 1.29 is 23.5 Å². The summed E-state index contributed by atoms with van der Waals surface area (Å²) >= 11 is 0. The number of nitrogens with zero attached hydrogens (tertiary/aromatic N) is 1. The molecule has 24 heavy (non-hydrogen) atoms. The van der Waals surface area contributed by atoms with Crippen molar-refractivity contribution in [2.45, 2.75) is 12.8 Å². The first-order valence-electron chi connectivity index (χ1n) is 7.98. The molecule has 1 aliphatic rings. The van der Waals surface area contributed by atoms with E-state index in [2.05, 4.69) is 10.6 Å². The number of carbonyl (C=O) groups is 3. The fourth-order valence-corrected chi connectivity index (χ4v) is 2.57. The number of amides is 3. The van der Waals surface area contributed by atoms with Crippen LogP contribution in [-0.4, -0.2) is 62.5 Å². The van der Waals surface area contributed by atoms with Gasteiger partial charge in [0.25, 0.3) is 5.91 Å². The van der Waals surface area contributed by atoms with Crippen molar-refractivity contribution in [2.24, 2.45) is 5.92 Å². The Labute approximate surface area is 140 Å². The maximum Gasteiger partial charge on any atom is 0.309 e. The van der Waals surface area contributed by atoms with E-state index < -0.39 is 11.8 Å². The average Bonchev–Trinajstić information content (AvgIpc) is 3.14. The topological polar surface area (TPSA) is 101 Å². The first-order valence-corrected chi connectivity index (χ1v) is 7.98. The third-order valence-electron chi connectivity index (χ3n) is 4.02. The van der Waals surface area contributed by atoms with Crippen LogP contribution in [0.25, 0.3) is 0 Å². The molecule has 0 saturated carbocycles. The Hall–Kier alpha value is -2.35. The van der Waals surface area contributed by atoms with Gasteiger partial charge in [-0.15, -0.1) is 0 Å². The van der Waals surface area contributed by atoms with E-state index in [4.69, 9.17) is 9.15 Å². The van der Waals surface area contributed by atoms with E-state index in [-0.39, 0.29) is 11.8 Å². The van der Waals surface area contributed by atoms with Gasteiger partial charge in [0.1, 0.15) is 6.26 Å². The molecule has 2 N–H and O–H groups in total. The van der Waals surface area contributed by atoms with Crippen molar-refractivity contribution in [2.75, 3.05) is 39.9 Å². The summed E-state index contributed by atoms with van der Waals surface area (Å²) in [4.78, 5) is 37.2. The minimum absolute atomic E-state index is 0.0382. The summed E-state index contributed by atoms with van der Waals surface area (Å²) in [5.74, 6) is -1.07. The first kappa shape index (κ1) is 18.0. The molecule has 1 aromatic rings. The van der Waals surface area contributed by atoms with Crippen LogP contribution in [0.15, 0.2) is 23.0 Å². The molecule has 0 bridgehead atoms. The van der Waals surface area contributed by atoms with Gasteiger partial charge in [-0.2, -0.15) is 0 Å². The third kappa shape index (κ3) is 5.09. The molecule has 0 unspecified atom stereocenters. The third-order valence-corrected chi connectivity index (χ3v) is 4.02. The highest BCUT2D eigenvalue weighted by Gasteiger charge is 2.25. The fourth-order valence-electron chi connectivity index (χ4n) is 2.57. The van der Waals surface area contributed by atoms with E-state index in [1.807, 2.05) is 0 Å². The van der Waals surface area contributed by atoms with Gasteiger partial charge in [0.05, 0.1) is 18.4 Å². The summed E-state index contributed by atoms with van der Waals surface area (Å²) in [5, 5.41) is 5.11. The molecule has 0 atom stereocenters. The van der Waals surface area contributed by atoms with Crippen molar-refractivity contribution in [3.8, 4) is 0 Å². The quantitative estimate of drug-likeness (QED) is 0.562. The van der Waals surface area contributed by atoms with Gasteiger partial charge in [0, 0.05) is 33.3 Å². The predicted molar refractivity (Wildman–Crippen MR) is 85.2 cm³/mol. The lowest BCUT2D eigenvalue weighted by atomic mass is 9.96. The van der Waals surface area contributed by atoms with Crippen molar-refractivity contribution in [3.05, 3.63) is 24.2 Å². The van der Waals surface area contributed by atoms with Crippen molar-refractivity contribution in [1.29, 1.82) is 0 Å².